The van der Waals surface area contributed by atoms with Crippen molar-refractivity contribution in [2.75, 3.05) is 7.11 Å². The molecule has 5 heteroatoms. The molecule has 1 N–H and O–H groups in total. The maximum atomic E-state index is 13.8. The Labute approximate surface area is 192 Å². The number of amides is 2. The van der Waals surface area contributed by atoms with Crippen molar-refractivity contribution in [1.29, 1.82) is 0 Å². The molecule has 0 heterocycles. The predicted molar refractivity (Wildman–Crippen MR) is 128 cm³/mol. The molecule has 172 valence electrons. The summed E-state index contributed by atoms with van der Waals surface area (Å²) in [5, 5.41) is 1.63. The molecule has 2 aromatic rings. The highest BCUT2D eigenvalue weighted by Gasteiger charge is 2.33. The lowest BCUT2D eigenvalue weighted by Gasteiger charge is -2.39. The molecular formula is C27H36N2O3. The molecule has 1 saturated carbocycles. The largest absolute Gasteiger partial charge is 0.497 e. The number of carbonyl (C=O) groups excluding carboxylic acids is 2. The second-order valence-electron chi connectivity index (χ2n) is 8.98. The fourth-order valence-electron chi connectivity index (χ4n) is 4.85. The van der Waals surface area contributed by atoms with Gasteiger partial charge < -0.3 is 4.74 Å². The van der Waals surface area contributed by atoms with Crippen LogP contribution in [0.25, 0.3) is 0 Å². The average molecular weight is 437 g/mol. The van der Waals surface area contributed by atoms with E-state index in [1.807, 2.05) is 26.0 Å². The zero-order chi connectivity index (χ0) is 23.1. The van der Waals surface area contributed by atoms with Crippen LogP contribution in [0.5, 0.6) is 5.75 Å². The molecule has 2 amide bonds. The van der Waals surface area contributed by atoms with E-state index in [2.05, 4.69) is 18.4 Å². The Morgan fingerprint density at radius 1 is 1.03 bits per heavy atom. The van der Waals surface area contributed by atoms with E-state index in [9.17, 15) is 9.59 Å². The van der Waals surface area contributed by atoms with Crippen LogP contribution in [0.2, 0.25) is 0 Å². The third-order valence-electron chi connectivity index (χ3n) is 6.35. The van der Waals surface area contributed by atoms with Gasteiger partial charge in [0, 0.05) is 11.1 Å². The number of nitrogens with zero attached hydrogens (tertiary/aromatic N) is 1. The SMILES string of the molecule is CCC[C@H](C1CCCCC1)N(NC(=O)c1cccc(OC)c1)C(=O)c1cc(C)cc(C)c1. The summed E-state index contributed by atoms with van der Waals surface area (Å²) < 4.78 is 5.27. The highest BCUT2D eigenvalue weighted by Crippen LogP contribution is 2.31. The van der Waals surface area contributed by atoms with Gasteiger partial charge in [0.15, 0.2) is 0 Å². The molecule has 1 atom stereocenters. The van der Waals surface area contributed by atoms with Gasteiger partial charge in [-0.3, -0.25) is 15.0 Å². The Hall–Kier alpha value is -2.82. The summed E-state index contributed by atoms with van der Waals surface area (Å²) in [6, 6.07) is 12.9. The molecule has 3 rings (SSSR count). The second-order valence-corrected chi connectivity index (χ2v) is 8.98. The highest BCUT2D eigenvalue weighted by molar-refractivity contribution is 5.99. The van der Waals surface area contributed by atoms with E-state index in [4.69, 9.17) is 4.74 Å². The van der Waals surface area contributed by atoms with E-state index in [-0.39, 0.29) is 17.9 Å². The van der Waals surface area contributed by atoms with Crippen LogP contribution in [0, 0.1) is 19.8 Å². The lowest BCUT2D eigenvalue weighted by Crippen LogP contribution is -2.54. The van der Waals surface area contributed by atoms with Crippen molar-refractivity contribution in [2.45, 2.75) is 71.8 Å². The molecule has 2 aromatic carbocycles. The van der Waals surface area contributed by atoms with Crippen LogP contribution < -0.4 is 10.2 Å². The number of hydrogen-bond donors (Lipinski definition) is 1. The van der Waals surface area contributed by atoms with E-state index in [0.29, 0.717) is 22.8 Å². The van der Waals surface area contributed by atoms with Gasteiger partial charge in [-0.05, 0) is 69.4 Å². The number of hydrazine groups is 1. The van der Waals surface area contributed by atoms with E-state index in [1.165, 1.54) is 19.3 Å². The van der Waals surface area contributed by atoms with E-state index >= 15 is 0 Å². The van der Waals surface area contributed by atoms with Gasteiger partial charge in [0.05, 0.1) is 13.2 Å². The van der Waals surface area contributed by atoms with Gasteiger partial charge >= 0.3 is 0 Å². The number of methoxy groups -OCH3 is 1. The van der Waals surface area contributed by atoms with E-state index < -0.39 is 0 Å². The van der Waals surface area contributed by atoms with Crippen molar-refractivity contribution in [3.63, 3.8) is 0 Å². The van der Waals surface area contributed by atoms with Gasteiger partial charge in [0.1, 0.15) is 5.75 Å². The average Bonchev–Trinajstić information content (AvgIpc) is 2.80. The first-order valence-corrected chi connectivity index (χ1v) is 11.8. The van der Waals surface area contributed by atoms with Gasteiger partial charge in [-0.1, -0.05) is 55.9 Å². The first kappa shape index (κ1) is 23.8. The Morgan fingerprint density at radius 2 is 1.72 bits per heavy atom. The summed E-state index contributed by atoms with van der Waals surface area (Å²) in [4.78, 5) is 27.0. The number of rotatable bonds is 7. The molecule has 1 aliphatic carbocycles. The maximum Gasteiger partial charge on any atom is 0.272 e. The van der Waals surface area contributed by atoms with E-state index in [0.717, 1.165) is 36.8 Å². The number of carbonyl (C=O) groups is 2. The smallest absolute Gasteiger partial charge is 0.272 e. The van der Waals surface area contributed by atoms with Crippen molar-refractivity contribution >= 4 is 11.8 Å². The van der Waals surface area contributed by atoms with E-state index in [1.54, 1.807) is 36.4 Å². The topological polar surface area (TPSA) is 58.6 Å². The summed E-state index contributed by atoms with van der Waals surface area (Å²) in [5.41, 5.74) is 6.16. The zero-order valence-electron chi connectivity index (χ0n) is 19.8. The van der Waals surface area contributed by atoms with Crippen LogP contribution in [0.3, 0.4) is 0 Å². The molecule has 0 saturated heterocycles. The fraction of sp³-hybridized carbons (Fsp3) is 0.481. The Kier molecular flexibility index (Phi) is 8.32. The lowest BCUT2D eigenvalue weighted by atomic mass is 9.81. The van der Waals surface area contributed by atoms with Crippen LogP contribution in [-0.4, -0.2) is 30.0 Å². The Morgan fingerprint density at radius 3 is 2.34 bits per heavy atom. The molecule has 1 fully saturated rings. The first-order chi connectivity index (χ1) is 15.4. The number of hydrogen-bond acceptors (Lipinski definition) is 3. The van der Waals surface area contributed by atoms with Gasteiger partial charge in [-0.25, -0.2) is 5.01 Å². The van der Waals surface area contributed by atoms with Gasteiger partial charge in [0.2, 0.25) is 0 Å². The zero-order valence-corrected chi connectivity index (χ0v) is 19.8. The van der Waals surface area contributed by atoms with Gasteiger partial charge in [-0.15, -0.1) is 0 Å². The molecule has 0 bridgehead atoms. The second kappa shape index (κ2) is 11.2. The minimum atomic E-state index is -0.293. The summed E-state index contributed by atoms with van der Waals surface area (Å²) >= 11 is 0. The molecule has 0 aliphatic heterocycles. The van der Waals surface area contributed by atoms with Crippen LogP contribution in [0.4, 0.5) is 0 Å². The van der Waals surface area contributed by atoms with Gasteiger partial charge in [0.25, 0.3) is 11.8 Å². The lowest BCUT2D eigenvalue weighted by molar-refractivity contribution is 0.0333. The third-order valence-corrected chi connectivity index (χ3v) is 6.35. The summed E-state index contributed by atoms with van der Waals surface area (Å²) in [6.45, 7) is 6.13. The standard InChI is InChI=1S/C27H36N2O3/c1-5-10-25(21-11-7-6-8-12-21)29(27(31)23-16-19(2)15-20(3)17-23)28-26(30)22-13-9-14-24(18-22)32-4/h9,13-18,21,25H,5-8,10-12H2,1-4H3,(H,28,30)/t25-/m1/s1. The Balaban J connectivity index is 1.96. The highest BCUT2D eigenvalue weighted by atomic mass is 16.5. The molecule has 0 unspecified atom stereocenters. The van der Waals surface area contributed by atoms with Crippen LogP contribution in [0.15, 0.2) is 42.5 Å². The number of benzene rings is 2. The van der Waals surface area contributed by atoms with Gasteiger partial charge in [-0.2, -0.15) is 0 Å². The van der Waals surface area contributed by atoms with Crippen molar-refractivity contribution in [1.82, 2.24) is 10.4 Å². The molecule has 0 aromatic heterocycles. The first-order valence-electron chi connectivity index (χ1n) is 11.8. The monoisotopic (exact) mass is 436 g/mol. The number of ether oxygens (including phenoxy) is 1. The van der Waals surface area contributed by atoms with Crippen molar-refractivity contribution in [3.05, 3.63) is 64.7 Å². The normalized spacial score (nSPS) is 15.1. The minimum absolute atomic E-state index is 0.0248. The minimum Gasteiger partial charge on any atom is -0.497 e. The van der Waals surface area contributed by atoms with Crippen LogP contribution in [-0.2, 0) is 0 Å². The maximum absolute atomic E-state index is 13.8. The summed E-state index contributed by atoms with van der Waals surface area (Å²) in [7, 11) is 1.58. The molecule has 5 nitrogen and oxygen atoms in total. The fourth-order valence-corrected chi connectivity index (χ4v) is 4.85. The van der Waals surface area contributed by atoms with Crippen molar-refractivity contribution in [2.24, 2.45) is 5.92 Å². The molecule has 32 heavy (non-hydrogen) atoms. The van der Waals surface area contributed by atoms with Crippen molar-refractivity contribution < 1.29 is 14.3 Å². The van der Waals surface area contributed by atoms with Crippen LogP contribution in [0.1, 0.15) is 83.7 Å². The van der Waals surface area contributed by atoms with Crippen LogP contribution >= 0.6 is 0 Å². The summed E-state index contributed by atoms with van der Waals surface area (Å²) in [6.07, 6.45) is 7.61. The quantitative estimate of drug-likeness (QED) is 0.554. The predicted octanol–water partition coefficient (Wildman–Crippen LogP) is 5.85. The van der Waals surface area contributed by atoms with Crippen molar-refractivity contribution in [3.8, 4) is 5.75 Å². The molecule has 0 spiro atoms. The summed E-state index contributed by atoms with van der Waals surface area (Å²) in [5.74, 6) is 0.571. The number of nitrogens with one attached hydrogen (secondary N) is 1. The third kappa shape index (κ3) is 5.90. The Bertz CT molecular complexity index is 914. The molecule has 0 radical (unpaired) electrons. The molecular weight excluding hydrogens is 400 g/mol. The number of aryl methyl sites for hydroxylation is 2. The molecule has 1 aliphatic rings.